The Hall–Kier alpha value is -3.11. The van der Waals surface area contributed by atoms with Crippen molar-refractivity contribution >= 4 is 29.4 Å². The number of benzene rings is 2. The lowest BCUT2D eigenvalue weighted by molar-refractivity contribution is -0.140. The second-order valence-corrected chi connectivity index (χ2v) is 10.3. The molecule has 2 aliphatic heterocycles. The van der Waals surface area contributed by atoms with E-state index in [2.05, 4.69) is 10.6 Å². The predicted octanol–water partition coefficient (Wildman–Crippen LogP) is 4.41. The normalized spacial score (nSPS) is 22.0. The predicted molar refractivity (Wildman–Crippen MR) is 127 cm³/mol. The molecule has 1 saturated carbocycles. The largest absolute Gasteiger partial charge is 0.417 e. The molecular formula is C26H25ClF3N3O4. The molecule has 0 spiro atoms. The molecule has 1 aliphatic carbocycles. The lowest BCUT2D eigenvalue weighted by Gasteiger charge is -2.32. The van der Waals surface area contributed by atoms with Gasteiger partial charge in [-0.1, -0.05) is 41.9 Å². The summed E-state index contributed by atoms with van der Waals surface area (Å²) in [5, 5.41) is 4.62. The van der Waals surface area contributed by atoms with Gasteiger partial charge in [0.1, 0.15) is 5.54 Å². The molecule has 1 saturated heterocycles. The molecule has 7 nitrogen and oxygen atoms in total. The molecular weight excluding hydrogens is 511 g/mol. The summed E-state index contributed by atoms with van der Waals surface area (Å²) < 4.78 is 45.9. The van der Waals surface area contributed by atoms with E-state index in [0.717, 1.165) is 24.5 Å². The van der Waals surface area contributed by atoms with Gasteiger partial charge < -0.3 is 15.0 Å². The maximum atomic E-state index is 13.7. The van der Waals surface area contributed by atoms with Crippen LogP contribution in [0.1, 0.15) is 41.5 Å². The number of amides is 4. The second-order valence-electron chi connectivity index (χ2n) is 9.85. The molecule has 2 aromatic rings. The fraction of sp³-hybridized carbons (Fsp3) is 0.423. The average Bonchev–Trinajstić information content (AvgIpc) is 3.55. The third-order valence-corrected chi connectivity index (χ3v) is 7.53. The molecule has 5 rings (SSSR count). The van der Waals surface area contributed by atoms with E-state index in [1.165, 1.54) is 11.0 Å². The minimum absolute atomic E-state index is 0.0153. The quantitative estimate of drug-likeness (QED) is 0.490. The van der Waals surface area contributed by atoms with Crippen LogP contribution in [0.4, 0.5) is 18.0 Å². The summed E-state index contributed by atoms with van der Waals surface area (Å²) in [6, 6.07) is 11.0. The number of nitrogens with zero attached hydrogens (tertiary/aromatic N) is 1. The van der Waals surface area contributed by atoms with E-state index in [-0.39, 0.29) is 44.5 Å². The third kappa shape index (κ3) is 5.17. The molecule has 0 radical (unpaired) electrons. The first-order valence-corrected chi connectivity index (χ1v) is 12.4. The van der Waals surface area contributed by atoms with Crippen LogP contribution >= 0.6 is 11.6 Å². The monoisotopic (exact) mass is 535 g/mol. The van der Waals surface area contributed by atoms with Crippen LogP contribution in [0.5, 0.6) is 0 Å². The number of ether oxygens (including phenoxy) is 1. The van der Waals surface area contributed by atoms with Crippen LogP contribution in [-0.2, 0) is 40.2 Å². The number of hydrogen-bond acceptors (Lipinski definition) is 4. The van der Waals surface area contributed by atoms with E-state index in [1.54, 1.807) is 0 Å². The number of urea groups is 1. The summed E-state index contributed by atoms with van der Waals surface area (Å²) >= 11 is 5.88. The highest BCUT2D eigenvalue weighted by Gasteiger charge is 2.57. The van der Waals surface area contributed by atoms with Gasteiger partial charge >= 0.3 is 12.2 Å². The SMILES string of the molecule is O=C1NC(=O)C(CC(COCc2ccccc2)C(=O)N2Cc3cc(Cl)c(C(F)(F)F)cc3C2)(C2CC2)N1. The Morgan fingerprint density at radius 2 is 1.81 bits per heavy atom. The van der Waals surface area contributed by atoms with Gasteiger partial charge in [-0.3, -0.25) is 14.9 Å². The van der Waals surface area contributed by atoms with E-state index in [9.17, 15) is 27.6 Å². The number of rotatable bonds is 8. The second kappa shape index (κ2) is 9.64. The number of carbonyl (C=O) groups excluding carboxylic acids is 3. The fourth-order valence-electron chi connectivity index (χ4n) is 5.23. The van der Waals surface area contributed by atoms with Gasteiger partial charge in [-0.05, 0) is 54.0 Å². The summed E-state index contributed by atoms with van der Waals surface area (Å²) in [5.74, 6) is -1.72. The Balaban J connectivity index is 1.37. The molecule has 196 valence electrons. The Bertz CT molecular complexity index is 1240. The molecule has 0 bridgehead atoms. The number of alkyl halides is 3. The van der Waals surface area contributed by atoms with Crippen molar-refractivity contribution in [3.8, 4) is 0 Å². The van der Waals surface area contributed by atoms with Crippen molar-refractivity contribution in [2.24, 2.45) is 11.8 Å². The number of imide groups is 1. The van der Waals surface area contributed by atoms with Gasteiger partial charge in [0.05, 0.1) is 29.7 Å². The molecule has 2 fully saturated rings. The smallest absolute Gasteiger partial charge is 0.376 e. The molecule has 0 aromatic heterocycles. The number of nitrogens with one attached hydrogen (secondary N) is 2. The van der Waals surface area contributed by atoms with E-state index in [1.807, 2.05) is 30.3 Å². The fourth-order valence-corrected chi connectivity index (χ4v) is 5.52. The Kier molecular flexibility index (Phi) is 6.66. The Morgan fingerprint density at radius 3 is 2.41 bits per heavy atom. The lowest BCUT2D eigenvalue weighted by Crippen LogP contribution is -2.52. The molecule has 2 N–H and O–H groups in total. The molecule has 37 heavy (non-hydrogen) atoms. The van der Waals surface area contributed by atoms with Crippen molar-refractivity contribution in [1.29, 1.82) is 0 Å². The Morgan fingerprint density at radius 1 is 1.14 bits per heavy atom. The zero-order valence-corrected chi connectivity index (χ0v) is 20.5. The van der Waals surface area contributed by atoms with Gasteiger partial charge in [0.15, 0.2) is 0 Å². The van der Waals surface area contributed by atoms with Gasteiger partial charge in [-0.15, -0.1) is 0 Å². The minimum Gasteiger partial charge on any atom is -0.376 e. The minimum atomic E-state index is -4.61. The van der Waals surface area contributed by atoms with Crippen molar-refractivity contribution in [2.45, 2.75) is 50.7 Å². The summed E-state index contributed by atoms with van der Waals surface area (Å²) in [7, 11) is 0. The first-order valence-electron chi connectivity index (χ1n) is 12.0. The van der Waals surface area contributed by atoms with Crippen LogP contribution in [0.3, 0.4) is 0 Å². The zero-order chi connectivity index (χ0) is 26.4. The first kappa shape index (κ1) is 25.5. The first-order chi connectivity index (χ1) is 17.6. The molecule has 2 aromatic carbocycles. The molecule has 2 atom stereocenters. The standard InChI is InChI=1S/C26H25ClF3N3O4/c27-21-9-17-12-33(11-16(17)8-20(21)26(28,29)30)22(34)18(14-37-13-15-4-2-1-3-5-15)10-25(19-6-7-19)23(35)31-24(36)32-25/h1-5,8-9,18-19H,6-7,10-14H2,(H2,31,32,35,36). The summed E-state index contributed by atoms with van der Waals surface area (Å²) in [4.78, 5) is 40.0. The van der Waals surface area contributed by atoms with Crippen LogP contribution in [0.2, 0.25) is 5.02 Å². The topological polar surface area (TPSA) is 87.7 Å². The van der Waals surface area contributed by atoms with Gasteiger partial charge in [0.2, 0.25) is 5.91 Å². The number of halogens is 4. The number of carbonyl (C=O) groups is 3. The molecule has 2 unspecified atom stereocenters. The van der Waals surface area contributed by atoms with Crippen LogP contribution in [0.25, 0.3) is 0 Å². The molecule has 2 heterocycles. The number of fused-ring (bicyclic) bond motifs is 1. The van der Waals surface area contributed by atoms with Crippen molar-refractivity contribution in [2.75, 3.05) is 6.61 Å². The van der Waals surface area contributed by atoms with E-state index in [0.29, 0.717) is 11.1 Å². The maximum Gasteiger partial charge on any atom is 0.417 e. The van der Waals surface area contributed by atoms with Gasteiger partial charge in [-0.25, -0.2) is 4.79 Å². The maximum absolute atomic E-state index is 13.7. The lowest BCUT2D eigenvalue weighted by atomic mass is 9.82. The van der Waals surface area contributed by atoms with Crippen LogP contribution in [0, 0.1) is 11.8 Å². The van der Waals surface area contributed by atoms with Gasteiger partial charge in [-0.2, -0.15) is 13.2 Å². The van der Waals surface area contributed by atoms with E-state index in [4.69, 9.17) is 16.3 Å². The van der Waals surface area contributed by atoms with E-state index >= 15 is 0 Å². The molecule has 4 amide bonds. The van der Waals surface area contributed by atoms with Gasteiger partial charge in [0.25, 0.3) is 5.91 Å². The van der Waals surface area contributed by atoms with Crippen LogP contribution in [0.15, 0.2) is 42.5 Å². The number of hydrogen-bond donors (Lipinski definition) is 2. The Labute approximate surface area is 216 Å². The summed E-state index contributed by atoms with van der Waals surface area (Å²) in [6.07, 6.45) is -3.09. The van der Waals surface area contributed by atoms with Crippen molar-refractivity contribution in [3.05, 3.63) is 69.7 Å². The van der Waals surface area contributed by atoms with E-state index < -0.39 is 40.2 Å². The highest BCUT2D eigenvalue weighted by molar-refractivity contribution is 6.31. The van der Waals surface area contributed by atoms with Crippen molar-refractivity contribution in [1.82, 2.24) is 15.5 Å². The van der Waals surface area contributed by atoms with Crippen molar-refractivity contribution < 1.29 is 32.3 Å². The summed E-state index contributed by atoms with van der Waals surface area (Å²) in [5.41, 5.74) is -0.340. The van der Waals surface area contributed by atoms with Crippen molar-refractivity contribution in [3.63, 3.8) is 0 Å². The van der Waals surface area contributed by atoms with Crippen LogP contribution in [-0.4, -0.2) is 34.9 Å². The summed E-state index contributed by atoms with van der Waals surface area (Å²) in [6.45, 7) is 0.298. The zero-order valence-electron chi connectivity index (χ0n) is 19.7. The highest BCUT2D eigenvalue weighted by atomic mass is 35.5. The van der Waals surface area contributed by atoms with Crippen LogP contribution < -0.4 is 10.6 Å². The molecule has 11 heteroatoms. The molecule has 3 aliphatic rings. The highest BCUT2D eigenvalue weighted by Crippen LogP contribution is 2.45. The average molecular weight is 536 g/mol. The third-order valence-electron chi connectivity index (χ3n) is 7.22. The van der Waals surface area contributed by atoms with Gasteiger partial charge in [0, 0.05) is 13.1 Å².